The van der Waals surface area contributed by atoms with Gasteiger partial charge in [-0.05, 0) is 55.1 Å². The molecule has 0 bridgehead atoms. The minimum Gasteiger partial charge on any atom is -0.299 e. The van der Waals surface area contributed by atoms with E-state index in [1.54, 1.807) is 12.1 Å². The highest BCUT2D eigenvalue weighted by Gasteiger charge is 2.19. The van der Waals surface area contributed by atoms with Crippen molar-refractivity contribution in [2.24, 2.45) is 0 Å². The quantitative estimate of drug-likeness (QED) is 0.399. The highest BCUT2D eigenvalue weighted by Crippen LogP contribution is 2.24. The number of nitrogens with one attached hydrogen (secondary N) is 1. The van der Waals surface area contributed by atoms with Crippen molar-refractivity contribution in [2.75, 3.05) is 19.6 Å². The second-order valence-corrected chi connectivity index (χ2v) is 8.68. The minimum absolute atomic E-state index is 0.0808. The summed E-state index contributed by atoms with van der Waals surface area (Å²) < 4.78 is 52.8. The molecule has 7 nitrogen and oxygen atoms in total. The van der Waals surface area contributed by atoms with Crippen molar-refractivity contribution >= 4 is 15.7 Å². The summed E-state index contributed by atoms with van der Waals surface area (Å²) in [5, 5.41) is 10.9. The fraction of sp³-hybridized carbons (Fsp3) is 0.368. The summed E-state index contributed by atoms with van der Waals surface area (Å²) in [5.74, 6) is -2.31. The van der Waals surface area contributed by atoms with E-state index in [2.05, 4.69) is 9.62 Å². The Bertz CT molecular complexity index is 1010. The molecule has 0 atom stereocenters. The van der Waals surface area contributed by atoms with E-state index in [0.29, 0.717) is 19.0 Å². The Labute approximate surface area is 167 Å². The Morgan fingerprint density at radius 1 is 1.07 bits per heavy atom. The molecule has 29 heavy (non-hydrogen) atoms. The van der Waals surface area contributed by atoms with Gasteiger partial charge in [-0.1, -0.05) is 6.07 Å². The van der Waals surface area contributed by atoms with E-state index < -0.39 is 26.6 Å². The average Bonchev–Trinajstić information content (AvgIpc) is 2.69. The van der Waals surface area contributed by atoms with Gasteiger partial charge in [-0.2, -0.15) is 0 Å². The average molecular weight is 425 g/mol. The lowest BCUT2D eigenvalue weighted by Crippen LogP contribution is -2.32. The number of unbranched alkanes of at least 4 members (excludes halogenated alkanes) is 1. The smallest absolute Gasteiger partial charge is 0.269 e. The number of hydrogen-bond donors (Lipinski definition) is 1. The Morgan fingerprint density at radius 3 is 2.59 bits per heavy atom. The van der Waals surface area contributed by atoms with Crippen LogP contribution >= 0.6 is 0 Å². The molecule has 3 rings (SSSR count). The summed E-state index contributed by atoms with van der Waals surface area (Å²) in [6.45, 7) is 2.37. The summed E-state index contributed by atoms with van der Waals surface area (Å²) >= 11 is 0. The first-order valence-electron chi connectivity index (χ1n) is 9.19. The topological polar surface area (TPSA) is 92.6 Å². The summed E-state index contributed by atoms with van der Waals surface area (Å²) in [5.41, 5.74) is 2.15. The molecular weight excluding hydrogens is 404 g/mol. The minimum atomic E-state index is -3.89. The number of hydrogen-bond acceptors (Lipinski definition) is 5. The number of benzene rings is 2. The van der Waals surface area contributed by atoms with Gasteiger partial charge in [-0.3, -0.25) is 15.0 Å². The van der Waals surface area contributed by atoms with Crippen molar-refractivity contribution in [3.63, 3.8) is 0 Å². The molecule has 0 amide bonds. The van der Waals surface area contributed by atoms with Gasteiger partial charge in [0.05, 0.1) is 9.82 Å². The Hall–Kier alpha value is -2.43. The van der Waals surface area contributed by atoms with Gasteiger partial charge in [0.1, 0.15) is 0 Å². The summed E-state index contributed by atoms with van der Waals surface area (Å²) in [6, 6.07) is 7.39. The van der Waals surface area contributed by atoms with Crippen LogP contribution < -0.4 is 4.72 Å². The van der Waals surface area contributed by atoms with Crippen LogP contribution in [0.1, 0.15) is 24.0 Å². The third-order valence-corrected chi connectivity index (χ3v) is 6.35. The van der Waals surface area contributed by atoms with Gasteiger partial charge in [0, 0.05) is 31.8 Å². The molecule has 0 radical (unpaired) electrons. The zero-order chi connectivity index (χ0) is 21.0. The van der Waals surface area contributed by atoms with Crippen LogP contribution in [0.5, 0.6) is 0 Å². The highest BCUT2D eigenvalue weighted by atomic mass is 32.2. The molecule has 10 heteroatoms. The number of nitro benzene ring substituents is 1. The number of fused-ring (bicyclic) bond motifs is 1. The Balaban J connectivity index is 1.45. The van der Waals surface area contributed by atoms with Crippen LogP contribution in [0.3, 0.4) is 0 Å². The first-order chi connectivity index (χ1) is 13.8. The van der Waals surface area contributed by atoms with E-state index in [0.717, 1.165) is 49.2 Å². The maximum Gasteiger partial charge on any atom is 0.269 e. The first-order valence-corrected chi connectivity index (χ1v) is 10.7. The third kappa shape index (κ3) is 5.34. The van der Waals surface area contributed by atoms with Gasteiger partial charge in [-0.15, -0.1) is 0 Å². The summed E-state index contributed by atoms with van der Waals surface area (Å²) in [6.07, 6.45) is 2.11. The zero-order valence-electron chi connectivity index (χ0n) is 15.6. The summed E-state index contributed by atoms with van der Waals surface area (Å²) in [7, 11) is -3.89. The lowest BCUT2D eigenvalue weighted by Gasteiger charge is -2.28. The molecule has 2 aromatic carbocycles. The van der Waals surface area contributed by atoms with Crippen molar-refractivity contribution < 1.29 is 22.1 Å². The van der Waals surface area contributed by atoms with Crippen LogP contribution in [0.4, 0.5) is 14.5 Å². The van der Waals surface area contributed by atoms with Gasteiger partial charge in [0.2, 0.25) is 10.0 Å². The SMILES string of the molecule is O=[N+]([O-])c1ccc2c(c1)CN(CCCCNS(=O)(=O)c1ccc(F)c(F)c1)CC2. The van der Waals surface area contributed by atoms with E-state index in [1.165, 1.54) is 6.07 Å². The Morgan fingerprint density at radius 2 is 1.86 bits per heavy atom. The normalized spacial score (nSPS) is 14.6. The molecule has 0 aromatic heterocycles. The molecule has 1 N–H and O–H groups in total. The second-order valence-electron chi connectivity index (χ2n) is 6.92. The molecule has 1 heterocycles. The fourth-order valence-electron chi connectivity index (χ4n) is 3.30. The van der Waals surface area contributed by atoms with Gasteiger partial charge in [-0.25, -0.2) is 21.9 Å². The maximum atomic E-state index is 13.2. The maximum absolute atomic E-state index is 13.2. The van der Waals surface area contributed by atoms with Crippen LogP contribution in [-0.2, 0) is 23.0 Å². The number of sulfonamides is 1. The van der Waals surface area contributed by atoms with Crippen molar-refractivity contribution in [3.8, 4) is 0 Å². The standard InChI is InChI=1S/C19H21F2N3O4S/c20-18-6-5-17(12-19(18)21)29(27,28)22-8-1-2-9-23-10-7-14-3-4-16(24(25)26)11-15(14)13-23/h3-6,11-12,22H,1-2,7-10,13H2. The molecule has 1 aliphatic rings. The molecular formula is C19H21F2N3O4S. The van der Waals surface area contributed by atoms with E-state index in [9.17, 15) is 27.3 Å². The summed E-state index contributed by atoms with van der Waals surface area (Å²) in [4.78, 5) is 12.4. The van der Waals surface area contributed by atoms with Crippen LogP contribution in [-0.4, -0.2) is 37.9 Å². The number of halogens is 2. The molecule has 1 aliphatic heterocycles. The lowest BCUT2D eigenvalue weighted by molar-refractivity contribution is -0.385. The van der Waals surface area contributed by atoms with Crippen molar-refractivity contribution in [3.05, 3.63) is 69.3 Å². The predicted molar refractivity (Wildman–Crippen MR) is 103 cm³/mol. The largest absolute Gasteiger partial charge is 0.299 e. The van der Waals surface area contributed by atoms with E-state index >= 15 is 0 Å². The zero-order valence-corrected chi connectivity index (χ0v) is 16.4. The monoisotopic (exact) mass is 425 g/mol. The lowest BCUT2D eigenvalue weighted by atomic mass is 9.99. The molecule has 156 valence electrons. The molecule has 0 spiro atoms. The second kappa shape index (κ2) is 8.93. The van der Waals surface area contributed by atoms with Crippen LogP contribution in [0.15, 0.2) is 41.3 Å². The number of non-ortho nitro benzene ring substituents is 1. The van der Waals surface area contributed by atoms with Gasteiger partial charge < -0.3 is 0 Å². The van der Waals surface area contributed by atoms with Crippen LogP contribution in [0.25, 0.3) is 0 Å². The third-order valence-electron chi connectivity index (χ3n) is 4.89. The van der Waals surface area contributed by atoms with Gasteiger partial charge in [0.25, 0.3) is 5.69 Å². The Kier molecular flexibility index (Phi) is 6.56. The van der Waals surface area contributed by atoms with Crippen LogP contribution in [0.2, 0.25) is 0 Å². The molecule has 0 aliphatic carbocycles. The highest BCUT2D eigenvalue weighted by molar-refractivity contribution is 7.89. The van der Waals surface area contributed by atoms with Gasteiger partial charge in [0.15, 0.2) is 11.6 Å². The van der Waals surface area contributed by atoms with Crippen LogP contribution in [0, 0.1) is 21.7 Å². The van der Waals surface area contributed by atoms with Crippen molar-refractivity contribution in [1.29, 1.82) is 0 Å². The van der Waals surface area contributed by atoms with E-state index in [1.807, 2.05) is 0 Å². The van der Waals surface area contributed by atoms with E-state index in [4.69, 9.17) is 0 Å². The molecule has 2 aromatic rings. The number of rotatable bonds is 8. The molecule has 0 unspecified atom stereocenters. The van der Waals surface area contributed by atoms with Crippen molar-refractivity contribution in [1.82, 2.24) is 9.62 Å². The molecule has 0 saturated carbocycles. The van der Waals surface area contributed by atoms with E-state index in [-0.39, 0.29) is 17.1 Å². The van der Waals surface area contributed by atoms with Crippen molar-refractivity contribution in [2.45, 2.75) is 30.7 Å². The predicted octanol–water partition coefficient (Wildman–Crippen LogP) is 2.99. The number of nitrogens with zero attached hydrogens (tertiary/aromatic N) is 2. The van der Waals surface area contributed by atoms with Gasteiger partial charge >= 0.3 is 0 Å². The first kappa shape index (κ1) is 21.3. The number of nitro groups is 1. The molecule has 0 fully saturated rings. The fourth-order valence-corrected chi connectivity index (χ4v) is 4.39. The molecule has 0 saturated heterocycles.